The Bertz CT molecular complexity index is 692. The Morgan fingerprint density at radius 2 is 2.17 bits per heavy atom. The smallest absolute Gasteiger partial charge is 0.256 e. The van der Waals surface area contributed by atoms with E-state index in [4.69, 9.17) is 0 Å². The summed E-state index contributed by atoms with van der Waals surface area (Å²) in [6.45, 7) is 2.90. The zero-order valence-corrected chi connectivity index (χ0v) is 14.6. The second-order valence-electron chi connectivity index (χ2n) is 6.49. The summed E-state index contributed by atoms with van der Waals surface area (Å²) < 4.78 is 0. The Labute approximate surface area is 142 Å². The summed E-state index contributed by atoms with van der Waals surface area (Å²) in [6.07, 6.45) is 5.71. The average molecular weight is 327 g/mol. The molecule has 3 rings (SSSR count). The van der Waals surface area contributed by atoms with Gasteiger partial charge in [-0.15, -0.1) is 5.10 Å². The molecule has 1 N–H and O–H groups in total. The van der Waals surface area contributed by atoms with E-state index in [-0.39, 0.29) is 11.9 Å². The number of aromatic amines is 1. The van der Waals surface area contributed by atoms with Gasteiger partial charge in [0.05, 0.1) is 17.3 Å². The molecule has 2 aromatic heterocycles. The van der Waals surface area contributed by atoms with Gasteiger partial charge >= 0.3 is 0 Å². The average Bonchev–Trinajstić information content (AvgIpc) is 3.24. The van der Waals surface area contributed by atoms with Crippen molar-refractivity contribution < 1.29 is 4.79 Å². The summed E-state index contributed by atoms with van der Waals surface area (Å²) >= 11 is 0. The molecule has 0 radical (unpaired) electrons. The summed E-state index contributed by atoms with van der Waals surface area (Å²) in [6, 6.07) is 5.86. The van der Waals surface area contributed by atoms with Gasteiger partial charge in [0.1, 0.15) is 0 Å². The summed E-state index contributed by atoms with van der Waals surface area (Å²) in [7, 11) is 3.88. The van der Waals surface area contributed by atoms with Crippen LogP contribution in [0, 0.1) is 0 Å². The van der Waals surface area contributed by atoms with E-state index in [1.54, 1.807) is 0 Å². The van der Waals surface area contributed by atoms with Gasteiger partial charge in [0.15, 0.2) is 5.82 Å². The third-order valence-corrected chi connectivity index (χ3v) is 4.55. The number of carbonyl (C=O) groups is 1. The van der Waals surface area contributed by atoms with Crippen LogP contribution in [0.3, 0.4) is 0 Å². The molecule has 1 aliphatic heterocycles. The van der Waals surface area contributed by atoms with Crippen molar-refractivity contribution in [1.82, 2.24) is 20.1 Å². The first-order valence-electron chi connectivity index (χ1n) is 8.60. The standard InChI is InChI=1S/C18H25N5O/c1-4-6-14-13(10-11-19-14)18(24)23-12-5-7-16(23)15-8-9-17(21-20-15)22(2)3/h8-11,16,19H,4-7,12H2,1-3H3. The van der Waals surface area contributed by atoms with Gasteiger partial charge in [-0.3, -0.25) is 4.79 Å². The van der Waals surface area contributed by atoms with Gasteiger partial charge in [-0.05, 0) is 37.5 Å². The van der Waals surface area contributed by atoms with Gasteiger partial charge in [0.25, 0.3) is 5.91 Å². The van der Waals surface area contributed by atoms with Crippen LogP contribution in [-0.4, -0.2) is 46.6 Å². The molecule has 2 aromatic rings. The van der Waals surface area contributed by atoms with Crippen molar-refractivity contribution in [3.8, 4) is 0 Å². The van der Waals surface area contributed by atoms with Gasteiger partial charge in [0.2, 0.25) is 0 Å². The summed E-state index contributed by atoms with van der Waals surface area (Å²) in [5, 5.41) is 8.62. The summed E-state index contributed by atoms with van der Waals surface area (Å²) in [4.78, 5) is 20.1. The Morgan fingerprint density at radius 1 is 1.33 bits per heavy atom. The largest absolute Gasteiger partial charge is 0.364 e. The molecule has 1 fully saturated rings. The summed E-state index contributed by atoms with van der Waals surface area (Å²) in [5.41, 5.74) is 2.70. The highest BCUT2D eigenvalue weighted by Crippen LogP contribution is 2.32. The van der Waals surface area contributed by atoms with Crippen molar-refractivity contribution in [2.75, 3.05) is 25.5 Å². The summed E-state index contributed by atoms with van der Waals surface area (Å²) in [5.74, 6) is 0.922. The molecule has 0 aromatic carbocycles. The third kappa shape index (κ3) is 3.13. The van der Waals surface area contributed by atoms with Crippen LogP contribution >= 0.6 is 0 Å². The maximum Gasteiger partial charge on any atom is 0.256 e. The highest BCUT2D eigenvalue weighted by Gasteiger charge is 2.32. The lowest BCUT2D eigenvalue weighted by atomic mass is 10.1. The van der Waals surface area contributed by atoms with E-state index in [1.165, 1.54) is 0 Å². The number of aryl methyl sites for hydroxylation is 1. The van der Waals surface area contributed by atoms with Crippen LogP contribution in [0.1, 0.15) is 54.0 Å². The number of carbonyl (C=O) groups excluding carboxylic acids is 1. The van der Waals surface area contributed by atoms with Crippen LogP contribution in [0.15, 0.2) is 24.4 Å². The number of aromatic nitrogens is 3. The first kappa shape index (κ1) is 16.5. The quantitative estimate of drug-likeness (QED) is 0.917. The van der Waals surface area contributed by atoms with E-state index in [0.717, 1.165) is 55.0 Å². The van der Waals surface area contributed by atoms with Crippen molar-refractivity contribution in [2.24, 2.45) is 0 Å². The van der Waals surface area contributed by atoms with Gasteiger partial charge in [-0.25, -0.2) is 0 Å². The second kappa shape index (κ2) is 7.03. The molecule has 24 heavy (non-hydrogen) atoms. The lowest BCUT2D eigenvalue weighted by molar-refractivity contribution is 0.0731. The SMILES string of the molecule is CCCc1[nH]ccc1C(=O)N1CCCC1c1ccc(N(C)C)nn1. The molecular weight excluding hydrogens is 302 g/mol. The second-order valence-corrected chi connectivity index (χ2v) is 6.49. The Balaban J connectivity index is 1.82. The fraction of sp³-hybridized carbons (Fsp3) is 0.500. The van der Waals surface area contributed by atoms with E-state index in [2.05, 4.69) is 22.1 Å². The van der Waals surface area contributed by atoms with E-state index < -0.39 is 0 Å². The fourth-order valence-corrected chi connectivity index (χ4v) is 3.28. The number of amides is 1. The molecule has 0 aliphatic carbocycles. The Morgan fingerprint density at radius 3 is 2.83 bits per heavy atom. The van der Waals surface area contributed by atoms with Crippen molar-refractivity contribution in [2.45, 2.75) is 38.6 Å². The molecule has 1 aliphatic rings. The van der Waals surface area contributed by atoms with Crippen LogP contribution in [0.25, 0.3) is 0 Å². The molecule has 3 heterocycles. The van der Waals surface area contributed by atoms with Gasteiger partial charge in [-0.1, -0.05) is 13.3 Å². The van der Waals surface area contributed by atoms with Crippen molar-refractivity contribution >= 4 is 11.7 Å². The molecule has 6 nitrogen and oxygen atoms in total. The van der Waals surface area contributed by atoms with E-state index in [1.807, 2.05) is 48.3 Å². The first-order valence-corrected chi connectivity index (χ1v) is 8.60. The van der Waals surface area contributed by atoms with Crippen molar-refractivity contribution in [3.63, 3.8) is 0 Å². The monoisotopic (exact) mass is 327 g/mol. The van der Waals surface area contributed by atoms with Crippen LogP contribution in [0.2, 0.25) is 0 Å². The highest BCUT2D eigenvalue weighted by molar-refractivity contribution is 5.95. The number of hydrogen-bond donors (Lipinski definition) is 1. The van der Waals surface area contributed by atoms with Crippen LogP contribution in [0.4, 0.5) is 5.82 Å². The van der Waals surface area contributed by atoms with E-state index in [0.29, 0.717) is 0 Å². The van der Waals surface area contributed by atoms with Gasteiger partial charge < -0.3 is 14.8 Å². The van der Waals surface area contributed by atoms with Gasteiger partial charge in [-0.2, -0.15) is 5.10 Å². The highest BCUT2D eigenvalue weighted by atomic mass is 16.2. The minimum atomic E-state index is 0.0191. The topological polar surface area (TPSA) is 65.1 Å². The normalized spacial score (nSPS) is 17.3. The molecular formula is C18H25N5O. The van der Waals surface area contributed by atoms with Crippen LogP contribution in [0.5, 0.6) is 0 Å². The number of anilines is 1. The molecule has 128 valence electrons. The molecule has 1 atom stereocenters. The lowest BCUT2D eigenvalue weighted by Crippen LogP contribution is -2.31. The minimum absolute atomic E-state index is 0.0191. The van der Waals surface area contributed by atoms with E-state index in [9.17, 15) is 4.79 Å². The molecule has 0 spiro atoms. The number of nitrogens with zero attached hydrogens (tertiary/aromatic N) is 4. The number of likely N-dealkylation sites (tertiary alicyclic amines) is 1. The van der Waals surface area contributed by atoms with Gasteiger partial charge in [0, 0.05) is 32.5 Å². The molecule has 0 bridgehead atoms. The maximum absolute atomic E-state index is 13.0. The lowest BCUT2D eigenvalue weighted by Gasteiger charge is -2.24. The minimum Gasteiger partial charge on any atom is -0.364 e. The van der Waals surface area contributed by atoms with Crippen molar-refractivity contribution in [3.05, 3.63) is 41.3 Å². The molecule has 6 heteroatoms. The number of rotatable bonds is 5. The maximum atomic E-state index is 13.0. The number of hydrogen-bond acceptors (Lipinski definition) is 4. The van der Waals surface area contributed by atoms with Crippen LogP contribution < -0.4 is 4.90 Å². The van der Waals surface area contributed by atoms with Crippen molar-refractivity contribution in [1.29, 1.82) is 0 Å². The predicted octanol–water partition coefficient (Wildman–Crippen LogP) is 2.80. The third-order valence-electron chi connectivity index (χ3n) is 4.55. The predicted molar refractivity (Wildman–Crippen MR) is 94.2 cm³/mol. The molecule has 0 saturated carbocycles. The number of H-pyrrole nitrogens is 1. The Kier molecular flexibility index (Phi) is 4.83. The zero-order valence-electron chi connectivity index (χ0n) is 14.6. The zero-order chi connectivity index (χ0) is 17.1. The molecule has 1 unspecified atom stereocenters. The van der Waals surface area contributed by atoms with Crippen LogP contribution in [-0.2, 0) is 6.42 Å². The molecule has 1 amide bonds. The first-order chi connectivity index (χ1) is 11.6. The Hall–Kier alpha value is -2.37. The fourth-order valence-electron chi connectivity index (χ4n) is 3.28. The molecule has 1 saturated heterocycles. The van der Waals surface area contributed by atoms with E-state index >= 15 is 0 Å². The number of nitrogens with one attached hydrogen (secondary N) is 1.